The molecule has 0 atom stereocenters. The Hall–Kier alpha value is -1.14. The molecule has 11 heavy (non-hydrogen) atoms. The van der Waals surface area contributed by atoms with Crippen LogP contribution in [0.3, 0.4) is 0 Å². The quantitative estimate of drug-likeness (QED) is 0.471. The largest absolute Gasteiger partial charge is 0.481 e. The van der Waals surface area contributed by atoms with Crippen molar-refractivity contribution in [3.8, 4) is 0 Å². The van der Waals surface area contributed by atoms with Gasteiger partial charge in [0.2, 0.25) is 0 Å². The molecule has 0 aromatic rings. The molecular weight excluding hydrogens is 156 g/mol. The molecule has 6 nitrogen and oxygen atoms in total. The number of carboxylic acid groups (broad SMARTS) is 2. The molecule has 0 aliphatic heterocycles. The Balaban J connectivity index is 0. The summed E-state index contributed by atoms with van der Waals surface area (Å²) in [6, 6.07) is 0. The lowest BCUT2D eigenvalue weighted by molar-refractivity contribution is -0.145. The fourth-order valence-corrected chi connectivity index (χ4v) is 0.133. The number of rotatable bonds is 3. The van der Waals surface area contributed by atoms with Crippen LogP contribution in [0.25, 0.3) is 0 Å². The van der Waals surface area contributed by atoms with Crippen molar-refractivity contribution < 1.29 is 29.6 Å². The lowest BCUT2D eigenvalue weighted by Gasteiger charge is -1.89. The van der Waals surface area contributed by atoms with Gasteiger partial charge in [0.25, 0.3) is 5.97 Å². The van der Waals surface area contributed by atoms with E-state index in [1.54, 1.807) is 0 Å². The first kappa shape index (κ1) is 12.5. The summed E-state index contributed by atoms with van der Waals surface area (Å²) in [4.78, 5) is 18.5. The van der Waals surface area contributed by atoms with Gasteiger partial charge in [0.15, 0.2) is 0 Å². The first-order chi connectivity index (χ1) is 5.00. The highest BCUT2D eigenvalue weighted by Crippen LogP contribution is 1.67. The molecule has 0 amide bonds. The van der Waals surface area contributed by atoms with Crippen LogP contribution in [0.5, 0.6) is 0 Å². The van der Waals surface area contributed by atoms with Gasteiger partial charge in [-0.1, -0.05) is 0 Å². The Morgan fingerprint density at radius 2 is 1.73 bits per heavy atom. The van der Waals surface area contributed by atoms with E-state index in [2.05, 4.69) is 4.74 Å². The Bertz CT molecular complexity index is 116. The molecule has 0 saturated heterocycles. The van der Waals surface area contributed by atoms with Crippen molar-refractivity contribution in [2.24, 2.45) is 0 Å². The fourth-order valence-electron chi connectivity index (χ4n) is 0.133. The van der Waals surface area contributed by atoms with E-state index in [-0.39, 0.29) is 0 Å². The standard InChI is InChI=1S/C3H6O4.C2H4O2/c4-2-7-1-3(5)6;1-2(3)4/h4H,1-2H2,(H,5,6);1H3,(H,3,4). The second-order valence-electron chi connectivity index (χ2n) is 1.39. The number of ether oxygens (including phenoxy) is 1. The molecule has 0 saturated carbocycles. The normalized spacial score (nSPS) is 7.82. The number of carbonyl (C=O) groups is 2. The van der Waals surface area contributed by atoms with Gasteiger partial charge >= 0.3 is 5.97 Å². The van der Waals surface area contributed by atoms with Crippen molar-refractivity contribution in [1.82, 2.24) is 0 Å². The summed E-state index contributed by atoms with van der Waals surface area (Å²) in [6.45, 7) is 0.114. The Morgan fingerprint density at radius 3 is 1.82 bits per heavy atom. The molecule has 0 unspecified atom stereocenters. The Labute approximate surface area is 63.0 Å². The summed E-state index contributed by atoms with van der Waals surface area (Å²) in [5.41, 5.74) is 0. The second kappa shape index (κ2) is 8.86. The number of carboxylic acids is 2. The van der Waals surface area contributed by atoms with Crippen molar-refractivity contribution in [3.63, 3.8) is 0 Å². The van der Waals surface area contributed by atoms with Gasteiger partial charge in [-0.05, 0) is 0 Å². The van der Waals surface area contributed by atoms with Gasteiger partial charge in [-0.25, -0.2) is 4.79 Å². The van der Waals surface area contributed by atoms with Gasteiger partial charge < -0.3 is 20.1 Å². The van der Waals surface area contributed by atoms with E-state index < -0.39 is 25.3 Å². The van der Waals surface area contributed by atoms with E-state index in [0.717, 1.165) is 6.92 Å². The second-order valence-corrected chi connectivity index (χ2v) is 1.39. The van der Waals surface area contributed by atoms with Crippen LogP contribution in [0.15, 0.2) is 0 Å². The maximum atomic E-state index is 9.52. The molecule has 0 spiro atoms. The zero-order valence-electron chi connectivity index (χ0n) is 5.98. The SMILES string of the molecule is CC(=O)O.O=C(O)COCO. The number of aliphatic hydroxyl groups is 1. The first-order valence-corrected chi connectivity index (χ1v) is 2.60. The highest BCUT2D eigenvalue weighted by atomic mass is 16.6. The first-order valence-electron chi connectivity index (χ1n) is 2.60. The zero-order chi connectivity index (χ0) is 9.28. The summed E-state index contributed by atoms with van der Waals surface area (Å²) < 4.78 is 4.05. The lowest BCUT2D eigenvalue weighted by Crippen LogP contribution is -2.06. The summed E-state index contributed by atoms with van der Waals surface area (Å²) in [7, 11) is 0. The topological polar surface area (TPSA) is 104 Å². The van der Waals surface area contributed by atoms with E-state index in [1.807, 2.05) is 0 Å². The fraction of sp³-hybridized carbons (Fsp3) is 0.600. The minimum absolute atomic E-state index is 0.434. The molecule has 3 N–H and O–H groups in total. The third-order valence-corrected chi connectivity index (χ3v) is 0.317. The molecule has 6 heteroatoms. The molecule has 0 heterocycles. The summed E-state index contributed by atoms with van der Waals surface area (Å²) in [5, 5.41) is 23.1. The van der Waals surface area contributed by atoms with Crippen molar-refractivity contribution in [1.29, 1.82) is 0 Å². The monoisotopic (exact) mass is 166 g/mol. The highest BCUT2D eigenvalue weighted by Gasteiger charge is 1.91. The number of hydrogen-bond acceptors (Lipinski definition) is 4. The molecule has 0 aliphatic carbocycles. The van der Waals surface area contributed by atoms with Gasteiger partial charge in [-0.2, -0.15) is 0 Å². The molecule has 0 aromatic heterocycles. The maximum absolute atomic E-state index is 9.52. The molecular formula is C5H10O6. The van der Waals surface area contributed by atoms with E-state index in [4.69, 9.17) is 20.1 Å². The Kier molecular flexibility index (Phi) is 10.1. The molecule has 0 aliphatic rings. The van der Waals surface area contributed by atoms with Gasteiger partial charge in [-0.15, -0.1) is 0 Å². The van der Waals surface area contributed by atoms with E-state index in [1.165, 1.54) is 0 Å². The molecule has 0 radical (unpaired) electrons. The van der Waals surface area contributed by atoms with Crippen LogP contribution >= 0.6 is 0 Å². The average Bonchev–Trinajstić information content (AvgIpc) is 1.82. The van der Waals surface area contributed by atoms with Crippen LogP contribution in [0.2, 0.25) is 0 Å². The molecule has 0 aromatic carbocycles. The van der Waals surface area contributed by atoms with Crippen LogP contribution in [-0.4, -0.2) is 40.7 Å². The van der Waals surface area contributed by atoms with Gasteiger partial charge in [-0.3, -0.25) is 4.79 Å². The summed E-state index contributed by atoms with van der Waals surface area (Å²) >= 11 is 0. The minimum atomic E-state index is -1.07. The summed E-state index contributed by atoms with van der Waals surface area (Å²) in [5.74, 6) is -1.91. The van der Waals surface area contributed by atoms with Crippen molar-refractivity contribution >= 4 is 11.9 Å². The molecule has 0 bridgehead atoms. The minimum Gasteiger partial charge on any atom is -0.481 e. The predicted octanol–water partition coefficient (Wildman–Crippen LogP) is -0.872. The van der Waals surface area contributed by atoms with Crippen LogP contribution < -0.4 is 0 Å². The molecule has 66 valence electrons. The average molecular weight is 166 g/mol. The lowest BCUT2D eigenvalue weighted by atomic mass is 10.8. The van der Waals surface area contributed by atoms with Crippen LogP contribution in [0.1, 0.15) is 6.92 Å². The van der Waals surface area contributed by atoms with Crippen LogP contribution in [-0.2, 0) is 14.3 Å². The highest BCUT2D eigenvalue weighted by molar-refractivity contribution is 5.67. The van der Waals surface area contributed by atoms with Gasteiger partial charge in [0.1, 0.15) is 13.4 Å². The summed E-state index contributed by atoms with van der Waals surface area (Å²) in [6.07, 6.45) is 0. The van der Waals surface area contributed by atoms with Crippen molar-refractivity contribution in [2.45, 2.75) is 6.92 Å². The number of hydrogen-bond donors (Lipinski definition) is 3. The number of aliphatic carboxylic acids is 2. The molecule has 0 rings (SSSR count). The maximum Gasteiger partial charge on any atom is 0.329 e. The van der Waals surface area contributed by atoms with Crippen LogP contribution in [0, 0.1) is 0 Å². The zero-order valence-corrected chi connectivity index (χ0v) is 5.98. The molecule has 0 fully saturated rings. The van der Waals surface area contributed by atoms with E-state index >= 15 is 0 Å². The van der Waals surface area contributed by atoms with E-state index in [0.29, 0.717) is 0 Å². The number of aliphatic hydroxyl groups excluding tert-OH is 1. The third kappa shape index (κ3) is 51.0. The third-order valence-electron chi connectivity index (χ3n) is 0.317. The van der Waals surface area contributed by atoms with E-state index in [9.17, 15) is 4.79 Å². The Morgan fingerprint density at radius 1 is 1.36 bits per heavy atom. The van der Waals surface area contributed by atoms with Crippen molar-refractivity contribution in [3.05, 3.63) is 0 Å². The van der Waals surface area contributed by atoms with Crippen molar-refractivity contribution in [2.75, 3.05) is 13.4 Å². The smallest absolute Gasteiger partial charge is 0.329 e. The predicted molar refractivity (Wildman–Crippen MR) is 34.0 cm³/mol. The van der Waals surface area contributed by atoms with Crippen LogP contribution in [0.4, 0.5) is 0 Å². The van der Waals surface area contributed by atoms with Gasteiger partial charge in [0.05, 0.1) is 0 Å². The van der Waals surface area contributed by atoms with Gasteiger partial charge in [0, 0.05) is 6.92 Å².